The molecule has 36 heavy (non-hydrogen) atoms. The normalized spacial score (nSPS) is 11.0. The van der Waals surface area contributed by atoms with Crippen LogP contribution in [-0.4, -0.2) is 28.2 Å². The second-order valence-electron chi connectivity index (χ2n) is 7.75. The maximum absolute atomic E-state index is 14.2. The fourth-order valence-electron chi connectivity index (χ4n) is 3.60. The van der Waals surface area contributed by atoms with Crippen LogP contribution < -0.4 is 15.4 Å². The molecule has 0 spiro atoms. The summed E-state index contributed by atoms with van der Waals surface area (Å²) in [5.74, 6) is -10.5. The van der Waals surface area contributed by atoms with Crippen molar-refractivity contribution in [2.75, 3.05) is 12.4 Å². The molecule has 0 atom stereocenters. The van der Waals surface area contributed by atoms with Crippen LogP contribution in [0.4, 0.5) is 23.2 Å². The number of phenols is 1. The first-order valence-corrected chi connectivity index (χ1v) is 10.7. The highest BCUT2D eigenvalue weighted by molar-refractivity contribution is 7.80. The van der Waals surface area contributed by atoms with E-state index in [1.165, 1.54) is 18.2 Å². The molecular formula is C24H17F4N3O4S. The summed E-state index contributed by atoms with van der Waals surface area (Å²) in [6.45, 7) is 3.80. The van der Waals surface area contributed by atoms with Crippen molar-refractivity contribution in [3.05, 3.63) is 70.3 Å². The van der Waals surface area contributed by atoms with Gasteiger partial charge in [-0.3, -0.25) is 10.1 Å². The maximum Gasteiger partial charge on any atom is 0.263 e. The SMILES string of the molecule is COc1c(F)c(F)c(C(=O)NC(=S)Nc2ccc(-c3nc4cc(C)cc(C)c4o3)c(O)c2)c(F)c1F. The fourth-order valence-corrected chi connectivity index (χ4v) is 3.81. The summed E-state index contributed by atoms with van der Waals surface area (Å²) >= 11 is 4.94. The minimum absolute atomic E-state index is 0.174. The highest BCUT2D eigenvalue weighted by Gasteiger charge is 2.30. The number of hydrogen-bond donors (Lipinski definition) is 3. The Bertz CT molecular complexity index is 1530. The van der Waals surface area contributed by atoms with Crippen molar-refractivity contribution >= 4 is 40.0 Å². The molecule has 0 unspecified atom stereocenters. The number of carbonyl (C=O) groups excluding carboxylic acids is 1. The number of amides is 1. The molecule has 0 aliphatic rings. The first-order chi connectivity index (χ1) is 17.0. The average Bonchev–Trinajstić information content (AvgIpc) is 3.22. The van der Waals surface area contributed by atoms with Gasteiger partial charge in [0.05, 0.1) is 12.7 Å². The lowest BCUT2D eigenvalue weighted by Gasteiger charge is -2.13. The quantitative estimate of drug-likeness (QED) is 0.186. The summed E-state index contributed by atoms with van der Waals surface area (Å²) < 4.78 is 66.2. The number of phenolic OH excluding ortho intramolecular Hbond substituents is 1. The topological polar surface area (TPSA) is 96.6 Å². The minimum atomic E-state index is -1.95. The first kappa shape index (κ1) is 24.9. The van der Waals surface area contributed by atoms with E-state index < -0.39 is 45.6 Å². The maximum atomic E-state index is 14.2. The predicted octanol–water partition coefficient (Wildman–Crippen LogP) is 5.51. The van der Waals surface area contributed by atoms with Crippen LogP contribution in [0.5, 0.6) is 11.5 Å². The van der Waals surface area contributed by atoms with E-state index in [2.05, 4.69) is 15.0 Å². The molecule has 186 valence electrons. The van der Waals surface area contributed by atoms with Crippen LogP contribution in [0.25, 0.3) is 22.6 Å². The van der Waals surface area contributed by atoms with Gasteiger partial charge in [0.2, 0.25) is 17.5 Å². The second-order valence-corrected chi connectivity index (χ2v) is 8.16. The summed E-state index contributed by atoms with van der Waals surface area (Å²) in [4.78, 5) is 16.7. The van der Waals surface area contributed by atoms with Gasteiger partial charge in [-0.15, -0.1) is 0 Å². The van der Waals surface area contributed by atoms with Gasteiger partial charge >= 0.3 is 0 Å². The highest BCUT2D eigenvalue weighted by Crippen LogP contribution is 2.34. The number of thiocarbonyl (C=S) groups is 1. The summed E-state index contributed by atoms with van der Waals surface area (Å²) in [7, 11) is 0.812. The molecule has 0 saturated carbocycles. The van der Waals surface area contributed by atoms with Crippen LogP contribution in [0.15, 0.2) is 34.7 Å². The molecule has 0 bridgehead atoms. The molecule has 1 amide bonds. The number of aromatic nitrogens is 1. The zero-order chi connectivity index (χ0) is 26.3. The Morgan fingerprint density at radius 1 is 1.06 bits per heavy atom. The van der Waals surface area contributed by atoms with Gasteiger partial charge in [-0.25, -0.2) is 13.8 Å². The third-order valence-corrected chi connectivity index (χ3v) is 5.39. The highest BCUT2D eigenvalue weighted by atomic mass is 32.1. The smallest absolute Gasteiger partial charge is 0.263 e. The predicted molar refractivity (Wildman–Crippen MR) is 127 cm³/mol. The van der Waals surface area contributed by atoms with Crippen molar-refractivity contribution in [3.8, 4) is 23.0 Å². The van der Waals surface area contributed by atoms with Crippen LogP contribution >= 0.6 is 12.2 Å². The van der Waals surface area contributed by atoms with Gasteiger partial charge < -0.3 is 19.6 Å². The van der Waals surface area contributed by atoms with Crippen molar-refractivity contribution < 1.29 is 36.6 Å². The molecule has 0 aliphatic heterocycles. The van der Waals surface area contributed by atoms with E-state index >= 15 is 0 Å². The van der Waals surface area contributed by atoms with E-state index in [-0.39, 0.29) is 22.9 Å². The zero-order valence-corrected chi connectivity index (χ0v) is 19.7. The molecule has 3 aromatic carbocycles. The molecule has 0 radical (unpaired) electrons. The van der Waals surface area contributed by atoms with Crippen LogP contribution in [0.3, 0.4) is 0 Å². The van der Waals surface area contributed by atoms with E-state index in [1.54, 1.807) is 0 Å². The van der Waals surface area contributed by atoms with Crippen molar-refractivity contribution in [1.82, 2.24) is 10.3 Å². The van der Waals surface area contributed by atoms with E-state index in [0.717, 1.165) is 18.2 Å². The first-order valence-electron chi connectivity index (χ1n) is 10.2. The number of rotatable bonds is 4. The van der Waals surface area contributed by atoms with Crippen LogP contribution in [0, 0.1) is 37.1 Å². The number of nitrogens with zero attached hydrogens (tertiary/aromatic N) is 1. The number of benzene rings is 3. The number of anilines is 1. The van der Waals surface area contributed by atoms with Gasteiger partial charge in [0.1, 0.15) is 16.8 Å². The lowest BCUT2D eigenvalue weighted by atomic mass is 10.1. The zero-order valence-electron chi connectivity index (χ0n) is 18.9. The fraction of sp³-hybridized carbons (Fsp3) is 0.125. The molecule has 0 fully saturated rings. The molecule has 3 N–H and O–H groups in total. The second kappa shape index (κ2) is 9.46. The van der Waals surface area contributed by atoms with Gasteiger partial charge in [-0.2, -0.15) is 8.78 Å². The number of aryl methyl sites for hydroxylation is 2. The molecule has 1 heterocycles. The van der Waals surface area contributed by atoms with E-state index in [9.17, 15) is 27.5 Å². The molecule has 0 saturated heterocycles. The van der Waals surface area contributed by atoms with Crippen LogP contribution in [0.1, 0.15) is 21.5 Å². The third-order valence-electron chi connectivity index (χ3n) is 5.19. The number of carbonyl (C=O) groups is 1. The molecule has 4 rings (SSSR count). The number of aromatic hydroxyl groups is 1. The standard InChI is InChI=1S/C24H17F4N3O4S/c1-9-6-10(2)20-13(7-9)30-23(35-20)12-5-4-11(8-14(12)32)29-24(36)31-22(33)15-16(25)18(27)21(34-3)19(28)17(15)26/h4-8,32H,1-3H3,(H2,29,31,33,36). The largest absolute Gasteiger partial charge is 0.507 e. The number of nitrogens with one attached hydrogen (secondary N) is 2. The van der Waals surface area contributed by atoms with Gasteiger partial charge in [-0.05, 0) is 55.4 Å². The number of methoxy groups -OCH3 is 1. The van der Waals surface area contributed by atoms with Gasteiger partial charge in [-0.1, -0.05) is 6.07 Å². The Kier molecular flexibility index (Phi) is 6.55. The Morgan fingerprint density at radius 2 is 1.72 bits per heavy atom. The van der Waals surface area contributed by atoms with E-state index in [0.29, 0.717) is 11.1 Å². The van der Waals surface area contributed by atoms with Crippen molar-refractivity contribution in [3.63, 3.8) is 0 Å². The number of fused-ring (bicyclic) bond motifs is 1. The molecule has 12 heteroatoms. The van der Waals surface area contributed by atoms with Crippen LogP contribution in [-0.2, 0) is 0 Å². The lowest BCUT2D eigenvalue weighted by molar-refractivity contribution is 0.0966. The number of oxazole rings is 1. The monoisotopic (exact) mass is 519 g/mol. The average molecular weight is 519 g/mol. The Labute approximate surface area is 206 Å². The lowest BCUT2D eigenvalue weighted by Crippen LogP contribution is -2.35. The minimum Gasteiger partial charge on any atom is -0.507 e. The van der Waals surface area contributed by atoms with Crippen molar-refractivity contribution in [2.45, 2.75) is 13.8 Å². The summed E-state index contributed by atoms with van der Waals surface area (Å²) in [6, 6.07) is 7.97. The van der Waals surface area contributed by atoms with Gasteiger partial charge in [0, 0.05) is 11.8 Å². The molecular weight excluding hydrogens is 502 g/mol. The number of ether oxygens (including phenoxy) is 1. The molecule has 7 nitrogen and oxygen atoms in total. The van der Waals surface area contributed by atoms with E-state index in [1.807, 2.05) is 31.3 Å². The van der Waals surface area contributed by atoms with E-state index in [4.69, 9.17) is 16.6 Å². The summed E-state index contributed by atoms with van der Waals surface area (Å²) in [5.41, 5.74) is 2.02. The number of halogens is 4. The Morgan fingerprint density at radius 3 is 2.33 bits per heavy atom. The Balaban J connectivity index is 1.53. The molecule has 4 aromatic rings. The molecule has 0 aliphatic carbocycles. The summed E-state index contributed by atoms with van der Waals surface area (Å²) in [5, 5.41) is 14.5. The van der Waals surface area contributed by atoms with Crippen molar-refractivity contribution in [2.24, 2.45) is 0 Å². The van der Waals surface area contributed by atoms with Crippen LogP contribution in [0.2, 0.25) is 0 Å². The summed E-state index contributed by atoms with van der Waals surface area (Å²) in [6.07, 6.45) is 0. The third kappa shape index (κ3) is 4.42. The van der Waals surface area contributed by atoms with Crippen molar-refractivity contribution in [1.29, 1.82) is 0 Å². The van der Waals surface area contributed by atoms with Gasteiger partial charge in [0.25, 0.3) is 5.91 Å². The Hall–Kier alpha value is -4.19. The number of hydrogen-bond acceptors (Lipinski definition) is 6. The van der Waals surface area contributed by atoms with Gasteiger partial charge in [0.15, 0.2) is 28.1 Å². The molecule has 1 aromatic heterocycles.